The second-order valence-corrected chi connectivity index (χ2v) is 17.6. The summed E-state index contributed by atoms with van der Waals surface area (Å²) >= 11 is 0. The largest absolute Gasteiger partial charge is 0.310 e. The number of rotatable bonds is 4. The maximum absolute atomic E-state index is 2.59. The van der Waals surface area contributed by atoms with Crippen LogP contribution in [0.3, 0.4) is 0 Å². The minimum absolute atomic E-state index is 0.172. The van der Waals surface area contributed by atoms with Gasteiger partial charge < -0.3 is 4.90 Å². The summed E-state index contributed by atoms with van der Waals surface area (Å²) in [5, 5.41) is 0. The smallest absolute Gasteiger partial charge is 0.0468 e. The molecule has 0 radical (unpaired) electrons. The quantitative estimate of drug-likeness (QED) is 0.179. The zero-order valence-corrected chi connectivity index (χ0v) is 30.6. The van der Waals surface area contributed by atoms with Gasteiger partial charge in [0.15, 0.2) is 0 Å². The number of hydrogen-bond donors (Lipinski definition) is 0. The molecule has 6 aromatic carbocycles. The van der Waals surface area contributed by atoms with E-state index >= 15 is 0 Å². The molecule has 260 valence electrons. The molecule has 1 heteroatoms. The molecule has 13 rings (SSSR count). The van der Waals surface area contributed by atoms with Gasteiger partial charge in [0.05, 0.1) is 0 Å². The van der Waals surface area contributed by atoms with Crippen molar-refractivity contribution < 1.29 is 0 Å². The zero-order chi connectivity index (χ0) is 34.7. The fraction of sp³-hybridized carbons (Fsp3) is 0.308. The molecule has 1 nitrogen and oxygen atoms in total. The van der Waals surface area contributed by atoms with E-state index < -0.39 is 0 Å². The third-order valence-corrected chi connectivity index (χ3v) is 15.3. The number of fused-ring (bicyclic) bond motifs is 9. The van der Waals surface area contributed by atoms with E-state index in [4.69, 9.17) is 0 Å². The summed E-state index contributed by atoms with van der Waals surface area (Å²) in [6.07, 6.45) is 13.7. The summed E-state index contributed by atoms with van der Waals surface area (Å²) < 4.78 is 0. The van der Waals surface area contributed by atoms with Crippen molar-refractivity contribution >= 4 is 17.1 Å². The van der Waals surface area contributed by atoms with Crippen LogP contribution in [0.25, 0.3) is 33.4 Å². The predicted octanol–water partition coefficient (Wildman–Crippen LogP) is 13.8. The molecule has 0 amide bonds. The monoisotopic (exact) mass is 685 g/mol. The first-order valence-electron chi connectivity index (χ1n) is 20.7. The molecule has 0 aliphatic heterocycles. The minimum atomic E-state index is 0.172. The Morgan fingerprint density at radius 2 is 0.962 bits per heavy atom. The molecule has 53 heavy (non-hydrogen) atoms. The third kappa shape index (κ3) is 4.20. The van der Waals surface area contributed by atoms with E-state index in [2.05, 4.69) is 144 Å². The summed E-state index contributed by atoms with van der Waals surface area (Å²) in [7, 11) is 0. The molecular weight excluding hydrogens is 639 g/mol. The van der Waals surface area contributed by atoms with Gasteiger partial charge in [-0.1, -0.05) is 122 Å². The van der Waals surface area contributed by atoms with Crippen molar-refractivity contribution in [3.63, 3.8) is 0 Å². The van der Waals surface area contributed by atoms with E-state index in [0.29, 0.717) is 0 Å². The van der Waals surface area contributed by atoms with Gasteiger partial charge in [-0.15, -0.1) is 0 Å². The van der Waals surface area contributed by atoms with Gasteiger partial charge in [0.2, 0.25) is 0 Å². The van der Waals surface area contributed by atoms with Gasteiger partial charge in [-0.25, -0.2) is 0 Å². The molecular formula is C52H47N. The number of anilines is 3. The first-order chi connectivity index (χ1) is 26.2. The van der Waals surface area contributed by atoms with Crippen LogP contribution in [0, 0.1) is 23.7 Å². The van der Waals surface area contributed by atoms with Gasteiger partial charge in [0, 0.05) is 27.9 Å². The lowest BCUT2D eigenvalue weighted by molar-refractivity contribution is 0.0618. The van der Waals surface area contributed by atoms with E-state index in [9.17, 15) is 0 Å². The lowest BCUT2D eigenvalue weighted by atomic mass is 9.51. The first kappa shape index (κ1) is 30.6. The summed E-state index contributed by atoms with van der Waals surface area (Å²) in [5.41, 5.74) is 18.8. The predicted molar refractivity (Wildman–Crippen MR) is 219 cm³/mol. The molecule has 6 aromatic rings. The van der Waals surface area contributed by atoms with Crippen LogP contribution in [0.2, 0.25) is 0 Å². The highest BCUT2D eigenvalue weighted by molar-refractivity contribution is 5.90. The highest BCUT2D eigenvalue weighted by Gasteiger charge is 2.59. The van der Waals surface area contributed by atoms with Gasteiger partial charge in [-0.05, 0) is 161 Å². The molecule has 5 atom stereocenters. The fourth-order valence-corrected chi connectivity index (χ4v) is 13.4. The Kier molecular flexibility index (Phi) is 6.53. The Balaban J connectivity index is 1.04. The van der Waals surface area contributed by atoms with Crippen molar-refractivity contribution in [3.05, 3.63) is 162 Å². The number of nitrogens with zero attached hydrogens (tertiary/aromatic N) is 1. The van der Waals surface area contributed by atoms with Crippen molar-refractivity contribution in [1.82, 2.24) is 0 Å². The van der Waals surface area contributed by atoms with E-state index in [-0.39, 0.29) is 10.8 Å². The molecule has 5 fully saturated rings. The molecule has 0 aromatic heterocycles. The average Bonchev–Trinajstić information content (AvgIpc) is 3.84. The van der Waals surface area contributed by atoms with Gasteiger partial charge in [0.1, 0.15) is 0 Å². The maximum Gasteiger partial charge on any atom is 0.0468 e. The van der Waals surface area contributed by atoms with Gasteiger partial charge in [-0.3, -0.25) is 0 Å². The van der Waals surface area contributed by atoms with Crippen LogP contribution in [0.5, 0.6) is 0 Å². The Hall–Kier alpha value is -4.88. The van der Waals surface area contributed by atoms with Crippen molar-refractivity contribution in [2.24, 2.45) is 23.7 Å². The molecule has 4 bridgehead atoms. The topological polar surface area (TPSA) is 3.24 Å². The van der Waals surface area contributed by atoms with Crippen LogP contribution in [0.1, 0.15) is 86.5 Å². The van der Waals surface area contributed by atoms with Gasteiger partial charge in [0.25, 0.3) is 0 Å². The number of hydrogen-bond acceptors (Lipinski definition) is 1. The summed E-state index contributed by atoms with van der Waals surface area (Å²) in [6.45, 7) is 0. The van der Waals surface area contributed by atoms with E-state index in [0.717, 1.165) is 23.7 Å². The molecule has 7 aliphatic rings. The van der Waals surface area contributed by atoms with E-state index in [1.807, 2.05) is 0 Å². The van der Waals surface area contributed by atoms with Crippen LogP contribution in [0.4, 0.5) is 17.1 Å². The highest BCUT2D eigenvalue weighted by atomic mass is 15.1. The summed E-state index contributed by atoms with van der Waals surface area (Å²) in [6, 6.07) is 54.1. The highest BCUT2D eigenvalue weighted by Crippen LogP contribution is 2.68. The van der Waals surface area contributed by atoms with E-state index in [1.54, 1.807) is 22.3 Å². The van der Waals surface area contributed by atoms with Gasteiger partial charge in [-0.2, -0.15) is 0 Å². The molecule has 0 N–H and O–H groups in total. The molecule has 7 aliphatic carbocycles. The Labute approximate surface area is 314 Å². The van der Waals surface area contributed by atoms with Crippen molar-refractivity contribution in [1.29, 1.82) is 0 Å². The molecule has 5 saturated carbocycles. The van der Waals surface area contributed by atoms with Crippen LogP contribution < -0.4 is 4.90 Å². The average molecular weight is 686 g/mol. The zero-order valence-electron chi connectivity index (χ0n) is 30.6. The Bertz CT molecular complexity index is 2390. The Morgan fingerprint density at radius 1 is 0.415 bits per heavy atom. The first-order valence-corrected chi connectivity index (χ1v) is 20.7. The van der Waals surface area contributed by atoms with Crippen LogP contribution in [-0.4, -0.2) is 0 Å². The summed E-state index contributed by atoms with van der Waals surface area (Å²) in [4.78, 5) is 2.55. The summed E-state index contributed by atoms with van der Waals surface area (Å²) in [5.74, 6) is 3.40. The molecule has 2 spiro atoms. The molecule has 0 heterocycles. The maximum atomic E-state index is 2.59. The number of benzene rings is 6. The third-order valence-electron chi connectivity index (χ3n) is 15.3. The standard InChI is InChI=1S/C52H47N/c1-2-10-36(11-3-1)37-17-20-40(21-18-37)53(41-22-24-48-45(32-41)43-12-4-6-14-47(43)51(48)26-8-9-27-51)42-23-25-50-46(33-42)44-13-5-7-15-49(44)52(50)38-19-16-34-28-35(30-38)31-39(52)29-34/h1-7,10-15,17-18,20-25,32-35,38-39H,8-9,16,19,26-31H2. The van der Waals surface area contributed by atoms with Crippen molar-refractivity contribution in [2.45, 2.75) is 75.0 Å². The fourth-order valence-electron chi connectivity index (χ4n) is 13.4. The molecule has 0 saturated heterocycles. The van der Waals surface area contributed by atoms with Crippen LogP contribution in [0.15, 0.2) is 140 Å². The SMILES string of the molecule is c1ccc(-c2ccc(N(c3ccc4c(c3)-c3ccccc3C43CCCC3)c3ccc4c(c3)-c3ccccc3C43C4CCC5CC(C4)CC3C5)cc2)cc1. The van der Waals surface area contributed by atoms with E-state index in [1.165, 1.54) is 115 Å². The van der Waals surface area contributed by atoms with Crippen LogP contribution in [-0.2, 0) is 10.8 Å². The lowest BCUT2D eigenvalue weighted by Gasteiger charge is -2.53. The van der Waals surface area contributed by atoms with Crippen molar-refractivity contribution in [2.75, 3.05) is 4.90 Å². The lowest BCUT2D eigenvalue weighted by Crippen LogP contribution is -2.48. The normalized spacial score (nSPS) is 26.3. The minimum Gasteiger partial charge on any atom is -0.310 e. The van der Waals surface area contributed by atoms with Crippen LogP contribution >= 0.6 is 0 Å². The molecule has 5 unspecified atom stereocenters. The second kappa shape index (κ2) is 11.3. The van der Waals surface area contributed by atoms with Gasteiger partial charge >= 0.3 is 0 Å². The van der Waals surface area contributed by atoms with Crippen molar-refractivity contribution in [3.8, 4) is 33.4 Å². The second-order valence-electron chi connectivity index (χ2n) is 17.6. The Morgan fingerprint density at radius 3 is 1.74 bits per heavy atom.